The van der Waals surface area contributed by atoms with Crippen LogP contribution in [-0.4, -0.2) is 4.57 Å². The standard InChI is InChI=1S/C54H34N2S/c1-2-15-39(16-3-1)56-51-33-37(28-31-45(51)47-32-27-36-13-4-7-18-42(36)53(47)56)35-25-29-40(30-26-35)55(49-23-12-22-48-46-21-10-11-24-52(46)57-54(48)49)50-34-38-14-5-6-17-41(38)43-19-8-9-20-44(43)50/h1-34H. The Morgan fingerprint density at radius 2 is 1.02 bits per heavy atom. The van der Waals surface area contributed by atoms with E-state index in [4.69, 9.17) is 0 Å². The highest BCUT2D eigenvalue weighted by atomic mass is 32.1. The van der Waals surface area contributed by atoms with Crippen molar-refractivity contribution in [1.29, 1.82) is 0 Å². The Morgan fingerprint density at radius 1 is 0.368 bits per heavy atom. The minimum Gasteiger partial charge on any atom is -0.309 e. The van der Waals surface area contributed by atoms with Crippen LogP contribution in [0.1, 0.15) is 0 Å². The van der Waals surface area contributed by atoms with E-state index in [1.54, 1.807) is 0 Å². The number of benzene rings is 10. The third-order valence-corrected chi connectivity index (χ3v) is 12.9. The summed E-state index contributed by atoms with van der Waals surface area (Å²) in [5.74, 6) is 0. The molecule has 2 heterocycles. The average molecular weight is 743 g/mol. The van der Waals surface area contributed by atoms with Gasteiger partial charge in [-0.25, -0.2) is 0 Å². The van der Waals surface area contributed by atoms with Crippen molar-refractivity contribution < 1.29 is 0 Å². The van der Waals surface area contributed by atoms with Crippen LogP contribution >= 0.6 is 11.3 Å². The van der Waals surface area contributed by atoms with Gasteiger partial charge in [0.25, 0.3) is 0 Å². The molecule has 0 N–H and O–H groups in total. The highest BCUT2D eigenvalue weighted by molar-refractivity contribution is 7.26. The number of thiophene rings is 1. The summed E-state index contributed by atoms with van der Waals surface area (Å²) in [4.78, 5) is 2.48. The molecule has 0 amide bonds. The SMILES string of the molecule is c1ccc(-n2c3cc(-c4ccc(N(c5cc6ccccc6c6ccccc56)c5cccc6c5sc5ccccc56)cc4)ccc3c3ccc4ccccc4c32)cc1. The van der Waals surface area contributed by atoms with Crippen molar-refractivity contribution in [3.05, 3.63) is 206 Å². The Kier molecular flexibility index (Phi) is 7.13. The summed E-state index contributed by atoms with van der Waals surface area (Å²) in [6, 6.07) is 75.7. The van der Waals surface area contributed by atoms with Crippen molar-refractivity contribution in [3.8, 4) is 16.8 Å². The first-order chi connectivity index (χ1) is 28.3. The van der Waals surface area contributed by atoms with Gasteiger partial charge in [-0.2, -0.15) is 0 Å². The Labute approximate surface area is 333 Å². The molecule has 0 aliphatic rings. The first-order valence-electron chi connectivity index (χ1n) is 19.5. The molecule has 0 saturated heterocycles. The molecule has 0 atom stereocenters. The first kappa shape index (κ1) is 32.1. The van der Waals surface area contributed by atoms with Gasteiger partial charge in [-0.3, -0.25) is 0 Å². The van der Waals surface area contributed by atoms with Crippen LogP contribution in [0.3, 0.4) is 0 Å². The van der Waals surface area contributed by atoms with Gasteiger partial charge in [0.15, 0.2) is 0 Å². The minimum atomic E-state index is 1.12. The molecule has 0 radical (unpaired) electrons. The summed E-state index contributed by atoms with van der Waals surface area (Å²) in [6.45, 7) is 0. The molecule has 266 valence electrons. The zero-order valence-electron chi connectivity index (χ0n) is 30.9. The van der Waals surface area contributed by atoms with Crippen LogP contribution in [-0.2, 0) is 0 Å². The molecule has 10 aromatic carbocycles. The van der Waals surface area contributed by atoms with Crippen LogP contribution < -0.4 is 4.90 Å². The van der Waals surface area contributed by atoms with E-state index in [0.717, 1.165) is 11.4 Å². The molecule has 0 aliphatic heterocycles. The number of para-hydroxylation sites is 1. The summed E-state index contributed by atoms with van der Waals surface area (Å²) in [6.07, 6.45) is 0. The number of nitrogens with zero attached hydrogens (tertiary/aromatic N) is 2. The Balaban J connectivity index is 1.07. The molecule has 2 nitrogen and oxygen atoms in total. The third kappa shape index (κ3) is 4.96. The van der Waals surface area contributed by atoms with E-state index in [9.17, 15) is 0 Å². The molecule has 2 aromatic heterocycles. The van der Waals surface area contributed by atoms with Crippen molar-refractivity contribution >= 4 is 103 Å². The van der Waals surface area contributed by atoms with Crippen molar-refractivity contribution in [1.82, 2.24) is 4.57 Å². The lowest BCUT2D eigenvalue weighted by Gasteiger charge is -2.28. The van der Waals surface area contributed by atoms with Gasteiger partial charge in [-0.1, -0.05) is 158 Å². The van der Waals surface area contributed by atoms with Crippen molar-refractivity contribution in [2.45, 2.75) is 0 Å². The molecule has 57 heavy (non-hydrogen) atoms. The van der Waals surface area contributed by atoms with Gasteiger partial charge >= 0.3 is 0 Å². The summed E-state index contributed by atoms with van der Waals surface area (Å²) >= 11 is 1.87. The summed E-state index contributed by atoms with van der Waals surface area (Å²) < 4.78 is 5.03. The van der Waals surface area contributed by atoms with E-state index in [-0.39, 0.29) is 0 Å². The van der Waals surface area contributed by atoms with Crippen LogP contribution in [0, 0.1) is 0 Å². The predicted molar refractivity (Wildman–Crippen MR) is 246 cm³/mol. The van der Waals surface area contributed by atoms with Gasteiger partial charge in [0.05, 0.1) is 27.1 Å². The molecule has 3 heteroatoms. The monoisotopic (exact) mass is 742 g/mol. The zero-order chi connectivity index (χ0) is 37.5. The van der Waals surface area contributed by atoms with E-state index >= 15 is 0 Å². The molecule has 0 aliphatic carbocycles. The Bertz CT molecular complexity index is 3520. The summed E-state index contributed by atoms with van der Waals surface area (Å²) in [5.41, 5.74) is 9.45. The molecule has 0 unspecified atom stereocenters. The number of aromatic nitrogens is 1. The lowest BCUT2D eigenvalue weighted by Crippen LogP contribution is -2.10. The molecule has 12 rings (SSSR count). The fourth-order valence-electron chi connectivity index (χ4n) is 9.14. The van der Waals surface area contributed by atoms with Crippen molar-refractivity contribution in [2.24, 2.45) is 0 Å². The highest BCUT2D eigenvalue weighted by Gasteiger charge is 2.22. The number of fused-ring (bicyclic) bond motifs is 11. The largest absolute Gasteiger partial charge is 0.309 e. The van der Waals surface area contributed by atoms with Crippen LogP contribution in [0.4, 0.5) is 17.1 Å². The molecule has 0 fully saturated rings. The lowest BCUT2D eigenvalue weighted by molar-refractivity contribution is 1.19. The Morgan fingerprint density at radius 3 is 1.86 bits per heavy atom. The number of anilines is 3. The van der Waals surface area contributed by atoms with E-state index in [2.05, 4.69) is 216 Å². The normalized spacial score (nSPS) is 11.9. The fraction of sp³-hybridized carbons (Fsp3) is 0. The molecular formula is C54H34N2S. The molecule has 0 saturated carbocycles. The quantitative estimate of drug-likeness (QED) is 0.159. The minimum absolute atomic E-state index is 1.12. The topological polar surface area (TPSA) is 8.17 Å². The molecular weight excluding hydrogens is 709 g/mol. The summed E-state index contributed by atoms with van der Waals surface area (Å²) in [7, 11) is 0. The van der Waals surface area contributed by atoms with Gasteiger partial charge in [0.2, 0.25) is 0 Å². The van der Waals surface area contributed by atoms with Crippen LogP contribution in [0.2, 0.25) is 0 Å². The van der Waals surface area contributed by atoms with Crippen LogP contribution in [0.25, 0.3) is 91.1 Å². The van der Waals surface area contributed by atoms with Gasteiger partial charge in [0, 0.05) is 48.4 Å². The predicted octanol–water partition coefficient (Wildman–Crippen LogP) is 15.7. The fourth-order valence-corrected chi connectivity index (χ4v) is 10.3. The smallest absolute Gasteiger partial charge is 0.0640 e. The maximum absolute atomic E-state index is 2.48. The summed E-state index contributed by atoms with van der Waals surface area (Å²) in [5, 5.41) is 12.6. The maximum atomic E-state index is 2.48. The van der Waals surface area contributed by atoms with Crippen LogP contribution in [0.15, 0.2) is 206 Å². The van der Waals surface area contributed by atoms with E-state index < -0.39 is 0 Å². The van der Waals surface area contributed by atoms with Gasteiger partial charge in [-0.05, 0) is 81.2 Å². The second-order valence-electron chi connectivity index (χ2n) is 14.9. The van der Waals surface area contributed by atoms with Gasteiger partial charge in [-0.15, -0.1) is 11.3 Å². The first-order valence-corrected chi connectivity index (χ1v) is 20.3. The second kappa shape index (κ2) is 12.7. The van der Waals surface area contributed by atoms with Gasteiger partial charge in [0.1, 0.15) is 0 Å². The van der Waals surface area contributed by atoms with Crippen LogP contribution in [0.5, 0.6) is 0 Å². The third-order valence-electron chi connectivity index (χ3n) is 11.7. The lowest BCUT2D eigenvalue weighted by atomic mass is 9.98. The zero-order valence-corrected chi connectivity index (χ0v) is 31.7. The van der Waals surface area contributed by atoms with Gasteiger partial charge < -0.3 is 9.47 Å². The van der Waals surface area contributed by atoms with E-state index in [0.29, 0.717) is 0 Å². The maximum Gasteiger partial charge on any atom is 0.0640 e. The molecule has 0 bridgehead atoms. The molecule has 0 spiro atoms. The second-order valence-corrected chi connectivity index (χ2v) is 15.9. The molecule has 12 aromatic rings. The number of hydrogen-bond acceptors (Lipinski definition) is 2. The van der Waals surface area contributed by atoms with E-state index in [1.165, 1.54) is 96.8 Å². The average Bonchev–Trinajstić information content (AvgIpc) is 3.83. The number of hydrogen-bond donors (Lipinski definition) is 0. The highest BCUT2D eigenvalue weighted by Crippen LogP contribution is 2.48. The number of rotatable bonds is 5. The van der Waals surface area contributed by atoms with E-state index in [1.807, 2.05) is 11.3 Å². The Hall–Kier alpha value is -7.20. The van der Waals surface area contributed by atoms with Crippen molar-refractivity contribution in [2.75, 3.05) is 4.90 Å². The van der Waals surface area contributed by atoms with Crippen molar-refractivity contribution in [3.63, 3.8) is 0 Å².